The highest BCUT2D eigenvalue weighted by atomic mass is 32.2. The van der Waals surface area contributed by atoms with E-state index in [2.05, 4.69) is 4.72 Å². The molecule has 1 aliphatic rings. The normalized spacial score (nSPS) is 17.8. The Morgan fingerprint density at radius 2 is 1.64 bits per heavy atom. The Hall–Kier alpha value is -2.70. The molecule has 1 saturated heterocycles. The molecule has 1 N–H and O–H groups in total. The Morgan fingerprint density at radius 3 is 2.43 bits per heavy atom. The smallest absolute Gasteiger partial charge is 0.240 e. The van der Waals surface area contributed by atoms with E-state index in [0.29, 0.717) is 13.0 Å². The van der Waals surface area contributed by atoms with Gasteiger partial charge in [-0.25, -0.2) is 13.1 Å². The minimum Gasteiger partial charge on any atom is -0.312 e. The molecule has 0 saturated carbocycles. The number of anilines is 1. The summed E-state index contributed by atoms with van der Waals surface area (Å²) in [7, 11) is -3.68. The molecule has 0 bridgehead atoms. The summed E-state index contributed by atoms with van der Waals surface area (Å²) in [4.78, 5) is 14.8. The van der Waals surface area contributed by atoms with Crippen molar-refractivity contribution >= 4 is 32.4 Å². The summed E-state index contributed by atoms with van der Waals surface area (Å²) in [5.74, 6) is -0.386. The molecule has 3 aromatic rings. The number of para-hydroxylation sites is 1. The van der Waals surface area contributed by atoms with Gasteiger partial charge in [0.15, 0.2) is 0 Å². The zero-order chi connectivity index (χ0) is 19.6. The van der Waals surface area contributed by atoms with Gasteiger partial charge >= 0.3 is 0 Å². The van der Waals surface area contributed by atoms with Crippen LogP contribution in [0.5, 0.6) is 0 Å². The van der Waals surface area contributed by atoms with Gasteiger partial charge in [-0.3, -0.25) is 4.79 Å². The van der Waals surface area contributed by atoms with Crippen LogP contribution in [0.25, 0.3) is 10.8 Å². The van der Waals surface area contributed by atoms with Gasteiger partial charge in [-0.05, 0) is 47.9 Å². The first-order valence-corrected chi connectivity index (χ1v) is 10.9. The Balaban J connectivity index is 1.48. The van der Waals surface area contributed by atoms with Crippen LogP contribution in [-0.2, 0) is 14.8 Å². The van der Waals surface area contributed by atoms with Crippen molar-refractivity contribution < 1.29 is 13.2 Å². The SMILES string of the molecule is O=C1C(CNS(=O)(=O)c2ccc3ccccc3c2)CCCN1c1ccccc1. The van der Waals surface area contributed by atoms with Gasteiger partial charge in [-0.2, -0.15) is 0 Å². The molecule has 3 aromatic carbocycles. The highest BCUT2D eigenvalue weighted by Crippen LogP contribution is 2.25. The summed E-state index contributed by atoms with van der Waals surface area (Å²) in [5, 5.41) is 1.86. The second-order valence-corrected chi connectivity index (χ2v) is 8.79. The highest BCUT2D eigenvalue weighted by molar-refractivity contribution is 7.89. The molecule has 1 unspecified atom stereocenters. The van der Waals surface area contributed by atoms with Gasteiger partial charge in [0.2, 0.25) is 15.9 Å². The Morgan fingerprint density at radius 1 is 0.929 bits per heavy atom. The summed E-state index contributed by atoms with van der Waals surface area (Å²) in [6, 6.07) is 22.2. The minimum absolute atomic E-state index is 0.0290. The Kier molecular flexibility index (Phi) is 5.15. The van der Waals surface area contributed by atoms with Crippen LogP contribution in [0.15, 0.2) is 77.7 Å². The van der Waals surface area contributed by atoms with E-state index in [1.165, 1.54) is 0 Å². The first kappa shape index (κ1) is 18.7. The second-order valence-electron chi connectivity index (χ2n) is 7.03. The third kappa shape index (κ3) is 3.79. The molecular weight excluding hydrogens is 372 g/mol. The summed E-state index contributed by atoms with van der Waals surface area (Å²) < 4.78 is 28.1. The lowest BCUT2D eigenvalue weighted by molar-refractivity contribution is -0.123. The molecule has 6 heteroatoms. The van der Waals surface area contributed by atoms with Gasteiger partial charge in [0.25, 0.3) is 0 Å². The predicted molar refractivity (Wildman–Crippen MR) is 111 cm³/mol. The van der Waals surface area contributed by atoms with Gasteiger partial charge in [0.1, 0.15) is 0 Å². The minimum atomic E-state index is -3.68. The van der Waals surface area contributed by atoms with Gasteiger partial charge in [0, 0.05) is 18.8 Å². The first-order valence-electron chi connectivity index (χ1n) is 9.39. The van der Waals surface area contributed by atoms with E-state index >= 15 is 0 Å². The van der Waals surface area contributed by atoms with Crippen molar-refractivity contribution in [2.75, 3.05) is 18.0 Å². The van der Waals surface area contributed by atoms with Gasteiger partial charge < -0.3 is 4.90 Å². The van der Waals surface area contributed by atoms with Gasteiger partial charge in [0.05, 0.1) is 10.8 Å². The first-order chi connectivity index (χ1) is 13.5. The van der Waals surface area contributed by atoms with Crippen LogP contribution >= 0.6 is 0 Å². The summed E-state index contributed by atoms with van der Waals surface area (Å²) in [6.45, 7) is 0.772. The standard InChI is InChI=1S/C22H22N2O3S/c25-22-19(9-6-14-24(22)20-10-2-1-3-11-20)16-23-28(26,27)21-13-12-17-7-4-5-8-18(17)15-21/h1-5,7-8,10-13,15,19,23H,6,9,14,16H2. The fourth-order valence-corrected chi connectivity index (χ4v) is 4.75. The predicted octanol–water partition coefficient (Wildman–Crippen LogP) is 3.56. The number of amides is 1. The van der Waals surface area contributed by atoms with Crippen molar-refractivity contribution in [1.82, 2.24) is 4.72 Å². The van der Waals surface area contributed by atoms with E-state index < -0.39 is 10.0 Å². The number of sulfonamides is 1. The lowest BCUT2D eigenvalue weighted by Gasteiger charge is -2.32. The second kappa shape index (κ2) is 7.73. The van der Waals surface area contributed by atoms with Crippen LogP contribution in [0, 0.1) is 5.92 Å². The quantitative estimate of drug-likeness (QED) is 0.720. The number of hydrogen-bond donors (Lipinski definition) is 1. The average molecular weight is 394 g/mol. The topological polar surface area (TPSA) is 66.5 Å². The van der Waals surface area contributed by atoms with Gasteiger partial charge in [-0.1, -0.05) is 48.5 Å². The number of nitrogens with one attached hydrogen (secondary N) is 1. The highest BCUT2D eigenvalue weighted by Gasteiger charge is 2.30. The summed E-state index contributed by atoms with van der Waals surface area (Å²) >= 11 is 0. The number of nitrogens with zero attached hydrogens (tertiary/aromatic N) is 1. The molecule has 1 aliphatic heterocycles. The molecular formula is C22H22N2O3S. The number of fused-ring (bicyclic) bond motifs is 1. The molecule has 0 radical (unpaired) electrons. The third-order valence-corrected chi connectivity index (χ3v) is 6.59. The molecule has 0 spiro atoms. The van der Waals surface area contributed by atoms with Crippen molar-refractivity contribution in [2.45, 2.75) is 17.7 Å². The molecule has 1 atom stereocenters. The number of benzene rings is 3. The van der Waals surface area contributed by atoms with Crippen LogP contribution in [-0.4, -0.2) is 27.4 Å². The molecule has 28 heavy (non-hydrogen) atoms. The van der Waals surface area contributed by atoms with E-state index in [-0.39, 0.29) is 23.3 Å². The van der Waals surface area contributed by atoms with Crippen molar-refractivity contribution in [3.8, 4) is 0 Å². The van der Waals surface area contributed by atoms with Crippen LogP contribution in [0.3, 0.4) is 0 Å². The average Bonchev–Trinajstić information content (AvgIpc) is 2.73. The molecule has 1 fully saturated rings. The molecule has 0 aromatic heterocycles. The molecule has 1 amide bonds. The molecule has 1 heterocycles. The van der Waals surface area contributed by atoms with Crippen LogP contribution < -0.4 is 9.62 Å². The van der Waals surface area contributed by atoms with Crippen LogP contribution in [0.2, 0.25) is 0 Å². The molecule has 4 rings (SSSR count). The van der Waals surface area contributed by atoms with E-state index in [0.717, 1.165) is 22.9 Å². The third-order valence-electron chi connectivity index (χ3n) is 5.17. The fourth-order valence-electron chi connectivity index (χ4n) is 3.63. The van der Waals surface area contributed by atoms with Crippen molar-refractivity contribution in [1.29, 1.82) is 0 Å². The maximum Gasteiger partial charge on any atom is 0.240 e. The monoisotopic (exact) mass is 394 g/mol. The number of hydrogen-bond acceptors (Lipinski definition) is 3. The van der Waals surface area contributed by atoms with Crippen LogP contribution in [0.1, 0.15) is 12.8 Å². The molecule has 5 nitrogen and oxygen atoms in total. The van der Waals surface area contributed by atoms with E-state index in [9.17, 15) is 13.2 Å². The number of carbonyl (C=O) groups excluding carboxylic acids is 1. The maximum atomic E-state index is 12.8. The number of rotatable bonds is 5. The Bertz CT molecular complexity index is 1100. The lowest BCUT2D eigenvalue weighted by Crippen LogP contribution is -2.45. The fraction of sp³-hybridized carbons (Fsp3) is 0.227. The van der Waals surface area contributed by atoms with Crippen molar-refractivity contribution in [3.05, 3.63) is 72.8 Å². The van der Waals surface area contributed by atoms with Crippen molar-refractivity contribution in [2.24, 2.45) is 5.92 Å². The molecule has 0 aliphatic carbocycles. The zero-order valence-electron chi connectivity index (χ0n) is 15.4. The summed E-state index contributed by atoms with van der Waals surface area (Å²) in [6.07, 6.45) is 1.53. The number of piperidine rings is 1. The van der Waals surface area contributed by atoms with E-state index in [1.54, 1.807) is 23.1 Å². The van der Waals surface area contributed by atoms with Gasteiger partial charge in [-0.15, -0.1) is 0 Å². The lowest BCUT2D eigenvalue weighted by atomic mass is 9.97. The largest absolute Gasteiger partial charge is 0.312 e. The number of carbonyl (C=O) groups is 1. The maximum absolute atomic E-state index is 12.8. The van der Waals surface area contributed by atoms with E-state index in [1.807, 2.05) is 54.6 Å². The Labute approximate surface area is 165 Å². The molecule has 144 valence electrons. The van der Waals surface area contributed by atoms with Crippen LogP contribution in [0.4, 0.5) is 5.69 Å². The van der Waals surface area contributed by atoms with E-state index in [4.69, 9.17) is 0 Å². The van der Waals surface area contributed by atoms with Crippen molar-refractivity contribution in [3.63, 3.8) is 0 Å². The summed E-state index contributed by atoms with van der Waals surface area (Å²) in [5.41, 5.74) is 0.856. The zero-order valence-corrected chi connectivity index (χ0v) is 16.2.